The molecule has 6 nitrogen and oxygen atoms in total. The number of carbonyl (C=O) groups excluding carboxylic acids is 1. The van der Waals surface area contributed by atoms with Crippen LogP contribution in [-0.4, -0.2) is 61.3 Å². The van der Waals surface area contributed by atoms with Gasteiger partial charge in [-0.25, -0.2) is 8.42 Å². The zero-order valence-corrected chi connectivity index (χ0v) is 21.2. The molecule has 3 aliphatic rings. The van der Waals surface area contributed by atoms with Crippen LogP contribution < -0.4 is 9.80 Å². The summed E-state index contributed by atoms with van der Waals surface area (Å²) in [7, 11) is -3.09. The Bertz CT molecular complexity index is 1160. The van der Waals surface area contributed by atoms with Crippen LogP contribution in [0.2, 0.25) is 0 Å². The number of fused-ring (bicyclic) bond motifs is 1. The Labute approximate surface area is 210 Å². The summed E-state index contributed by atoms with van der Waals surface area (Å²) in [4.78, 5) is 20.4. The predicted octanol–water partition coefficient (Wildman–Crippen LogP) is 3.99. The predicted molar refractivity (Wildman–Crippen MR) is 141 cm³/mol. The molecule has 0 radical (unpaired) electrons. The summed E-state index contributed by atoms with van der Waals surface area (Å²) in [6.45, 7) is 2.05. The topological polar surface area (TPSA) is 70.0 Å². The molecule has 34 heavy (non-hydrogen) atoms. The van der Waals surface area contributed by atoms with Gasteiger partial charge in [0.2, 0.25) is 0 Å². The normalized spacial score (nSPS) is 25.6. The highest BCUT2D eigenvalue weighted by Crippen LogP contribution is 2.41. The Morgan fingerprint density at radius 2 is 1.68 bits per heavy atom. The van der Waals surface area contributed by atoms with Crippen LogP contribution in [0.15, 0.2) is 59.6 Å². The molecule has 2 atom stereocenters. The van der Waals surface area contributed by atoms with E-state index in [0.29, 0.717) is 11.1 Å². The number of amidine groups is 1. The molecule has 9 heteroatoms. The van der Waals surface area contributed by atoms with Crippen molar-refractivity contribution in [3.63, 3.8) is 0 Å². The van der Waals surface area contributed by atoms with Crippen LogP contribution in [0.25, 0.3) is 0 Å². The van der Waals surface area contributed by atoms with E-state index in [9.17, 15) is 13.2 Å². The molecule has 180 valence electrons. The molecule has 2 aromatic carbocycles. The molecule has 3 saturated heterocycles. The summed E-state index contributed by atoms with van der Waals surface area (Å²) in [6.07, 6.45) is 3.46. The Hall–Kier alpha value is -2.03. The quantitative estimate of drug-likeness (QED) is 0.559. The molecule has 0 aliphatic carbocycles. The maximum absolute atomic E-state index is 12.2. The molecule has 3 heterocycles. The van der Waals surface area contributed by atoms with Gasteiger partial charge in [-0.05, 0) is 55.0 Å². The van der Waals surface area contributed by atoms with Gasteiger partial charge in [0.25, 0.3) is 5.91 Å². The summed E-state index contributed by atoms with van der Waals surface area (Å²) in [6, 6.07) is 18.7. The number of hydrogen-bond acceptors (Lipinski definition) is 5. The van der Waals surface area contributed by atoms with Gasteiger partial charge in [0.1, 0.15) is 5.88 Å². The summed E-state index contributed by atoms with van der Waals surface area (Å²) in [5.74, 6) is 0.300. The summed E-state index contributed by atoms with van der Waals surface area (Å²) in [5, 5.41) is 0.431. The average molecular weight is 518 g/mol. The first-order valence-corrected chi connectivity index (χ1v) is 14.9. The molecule has 1 amide bonds. The van der Waals surface area contributed by atoms with Gasteiger partial charge in [-0.3, -0.25) is 4.79 Å². The number of hydrogen-bond donors (Lipinski definition) is 0. The minimum absolute atomic E-state index is 0.0788. The highest BCUT2D eigenvalue weighted by Gasteiger charge is 2.49. The van der Waals surface area contributed by atoms with Gasteiger partial charge in [0.15, 0.2) is 15.0 Å². The lowest BCUT2D eigenvalue weighted by molar-refractivity contribution is -0.115. The SMILES string of the molecule is O=C(CCl)N=C1S[C@H]2CS(=O)(=O)C[C@H]2N1c1ccc(N2CCC(Cc3ccccc3)CC2)cc1. The molecule has 0 aromatic heterocycles. The molecule has 0 N–H and O–H groups in total. The lowest BCUT2D eigenvalue weighted by atomic mass is 9.90. The van der Waals surface area contributed by atoms with Crippen molar-refractivity contribution in [2.24, 2.45) is 10.9 Å². The fourth-order valence-electron chi connectivity index (χ4n) is 5.17. The van der Waals surface area contributed by atoms with E-state index < -0.39 is 15.7 Å². The van der Waals surface area contributed by atoms with Crippen molar-refractivity contribution >= 4 is 55.6 Å². The van der Waals surface area contributed by atoms with Crippen LogP contribution in [0.5, 0.6) is 0 Å². The van der Waals surface area contributed by atoms with E-state index in [1.165, 1.54) is 35.9 Å². The van der Waals surface area contributed by atoms with E-state index in [0.717, 1.165) is 25.2 Å². The number of sulfone groups is 1. The molecule has 2 aromatic rings. The van der Waals surface area contributed by atoms with Crippen molar-refractivity contribution in [2.45, 2.75) is 30.6 Å². The van der Waals surface area contributed by atoms with Crippen molar-refractivity contribution < 1.29 is 13.2 Å². The third-order valence-electron chi connectivity index (χ3n) is 6.88. The standard InChI is InChI=1S/C25H28ClN3O3S2/c26-15-24(30)27-25-29(22-16-34(31,32)17-23(22)33-25)21-8-6-20(7-9-21)28-12-10-19(11-13-28)14-18-4-2-1-3-5-18/h1-9,19,22-23H,10-17H2/t22-,23+/m1/s1. The Morgan fingerprint density at radius 3 is 2.35 bits per heavy atom. The van der Waals surface area contributed by atoms with Crippen molar-refractivity contribution in [3.05, 3.63) is 60.2 Å². The van der Waals surface area contributed by atoms with Crippen molar-refractivity contribution in [1.29, 1.82) is 0 Å². The first-order chi connectivity index (χ1) is 16.4. The molecule has 0 spiro atoms. The molecule has 3 fully saturated rings. The van der Waals surface area contributed by atoms with Crippen LogP contribution in [0.3, 0.4) is 0 Å². The van der Waals surface area contributed by atoms with Crippen LogP contribution in [0.4, 0.5) is 11.4 Å². The maximum atomic E-state index is 12.2. The second-order valence-corrected chi connectivity index (χ2v) is 12.9. The van der Waals surface area contributed by atoms with Crippen molar-refractivity contribution in [3.8, 4) is 0 Å². The van der Waals surface area contributed by atoms with E-state index in [4.69, 9.17) is 11.6 Å². The third kappa shape index (κ3) is 5.14. The number of benzene rings is 2. The van der Waals surface area contributed by atoms with E-state index in [1.807, 2.05) is 17.0 Å². The summed E-state index contributed by atoms with van der Waals surface area (Å²) >= 11 is 7.04. The number of anilines is 2. The van der Waals surface area contributed by atoms with Crippen LogP contribution in [-0.2, 0) is 21.1 Å². The average Bonchev–Trinajstić information content (AvgIpc) is 3.31. The summed E-state index contributed by atoms with van der Waals surface area (Å²) in [5.41, 5.74) is 3.44. The van der Waals surface area contributed by atoms with E-state index in [1.54, 1.807) is 0 Å². The van der Waals surface area contributed by atoms with E-state index >= 15 is 0 Å². The summed E-state index contributed by atoms with van der Waals surface area (Å²) < 4.78 is 24.5. The fraction of sp³-hybridized carbons (Fsp3) is 0.440. The molecule has 3 aliphatic heterocycles. The van der Waals surface area contributed by atoms with Gasteiger partial charge in [0, 0.05) is 29.7 Å². The van der Waals surface area contributed by atoms with Gasteiger partial charge in [-0.15, -0.1) is 11.6 Å². The number of amides is 1. The molecule has 0 unspecified atom stereocenters. The van der Waals surface area contributed by atoms with Gasteiger partial charge in [-0.2, -0.15) is 4.99 Å². The minimum Gasteiger partial charge on any atom is -0.372 e. The number of aliphatic imine (C=N–C) groups is 1. The number of halogens is 1. The number of rotatable bonds is 5. The largest absolute Gasteiger partial charge is 0.372 e. The molecular weight excluding hydrogens is 490 g/mol. The monoisotopic (exact) mass is 517 g/mol. The second kappa shape index (κ2) is 9.91. The first kappa shape index (κ1) is 23.7. The van der Waals surface area contributed by atoms with Crippen LogP contribution >= 0.6 is 23.4 Å². The Morgan fingerprint density at radius 1 is 1.00 bits per heavy atom. The smallest absolute Gasteiger partial charge is 0.262 e. The van der Waals surface area contributed by atoms with Gasteiger partial charge < -0.3 is 9.80 Å². The zero-order chi connectivity index (χ0) is 23.7. The number of carbonyl (C=O) groups is 1. The second-order valence-electron chi connectivity index (χ2n) is 9.23. The number of thioether (sulfide) groups is 1. The molecular formula is C25H28ClN3O3S2. The number of alkyl halides is 1. The zero-order valence-electron chi connectivity index (χ0n) is 18.8. The maximum Gasteiger partial charge on any atom is 0.262 e. The number of piperidine rings is 1. The minimum atomic E-state index is -3.09. The molecule has 5 rings (SSSR count). The van der Waals surface area contributed by atoms with Gasteiger partial charge in [-0.1, -0.05) is 42.1 Å². The highest BCUT2D eigenvalue weighted by molar-refractivity contribution is 8.16. The number of nitrogens with zero attached hydrogens (tertiary/aromatic N) is 3. The fourth-order valence-corrected chi connectivity index (χ4v) is 9.16. The van der Waals surface area contributed by atoms with Crippen molar-refractivity contribution in [1.82, 2.24) is 0 Å². The Balaban J connectivity index is 1.28. The lowest BCUT2D eigenvalue weighted by Gasteiger charge is -2.34. The van der Waals surface area contributed by atoms with Crippen LogP contribution in [0.1, 0.15) is 18.4 Å². The molecule has 0 saturated carbocycles. The van der Waals surface area contributed by atoms with E-state index in [-0.39, 0.29) is 28.7 Å². The van der Waals surface area contributed by atoms with Gasteiger partial charge in [0.05, 0.1) is 17.5 Å². The lowest BCUT2D eigenvalue weighted by Crippen LogP contribution is -2.38. The highest BCUT2D eigenvalue weighted by atomic mass is 35.5. The van der Waals surface area contributed by atoms with E-state index in [2.05, 4.69) is 52.4 Å². The molecule has 0 bridgehead atoms. The third-order valence-corrected chi connectivity index (χ3v) is 10.3. The first-order valence-electron chi connectivity index (χ1n) is 11.6. The van der Waals surface area contributed by atoms with Crippen molar-refractivity contribution in [2.75, 3.05) is 40.3 Å². The Kier molecular flexibility index (Phi) is 6.91. The van der Waals surface area contributed by atoms with Crippen LogP contribution in [0, 0.1) is 5.92 Å². The van der Waals surface area contributed by atoms with Gasteiger partial charge >= 0.3 is 0 Å².